The van der Waals surface area contributed by atoms with Crippen molar-refractivity contribution in [1.29, 1.82) is 0 Å². The highest BCUT2D eigenvalue weighted by Crippen LogP contribution is 2.43. The highest BCUT2D eigenvalue weighted by atomic mass is 32.1. The van der Waals surface area contributed by atoms with E-state index in [9.17, 15) is 44.4 Å². The zero-order valence-electron chi connectivity index (χ0n) is 60.9. The number of nitrogens with one attached hydrogen (secondary N) is 7. The molecule has 3 saturated carbocycles. The lowest BCUT2D eigenvalue weighted by Crippen LogP contribution is -2.63. The van der Waals surface area contributed by atoms with E-state index >= 15 is 0 Å². The normalized spacial score (nSPS) is 23.3. The molecule has 3 aliphatic carbocycles. The van der Waals surface area contributed by atoms with Crippen LogP contribution >= 0.6 is 34.0 Å². The Morgan fingerprint density at radius 3 is 1.16 bits per heavy atom. The third-order valence-corrected chi connectivity index (χ3v) is 24.1. The molecule has 9 heterocycles. The molecule has 0 atom stereocenters. The van der Waals surface area contributed by atoms with Gasteiger partial charge in [0, 0.05) is 114 Å². The van der Waals surface area contributed by atoms with E-state index in [0.29, 0.717) is 66.0 Å². The molecule has 0 unspecified atom stereocenters. The van der Waals surface area contributed by atoms with Crippen LogP contribution in [0.15, 0.2) is 89.3 Å². The summed E-state index contributed by atoms with van der Waals surface area (Å²) in [5.74, 6) is 1.34. The minimum absolute atomic E-state index is 0.00790. The number of rotatable bonds is 20. The van der Waals surface area contributed by atoms with Crippen molar-refractivity contribution in [2.24, 2.45) is 5.73 Å². The maximum absolute atomic E-state index is 12.8. The SMILES string of the molecule is Cc1ccc2c(c1)c(NCC(=O)NC1CN(C3CCC(O)(c4nccs4)CC3)C1)nn2C(=O)NC(C)(C)C.Cc1ccc2c(c1)c(NCC(=O)NC1CN(C3CCC(O)(c4nccs4)CC3)C1)nn2C(N)=O.Cc1ccc2c(c1)c(NCC(=O)NC1CN(C3CCC(O)(c4nccs4)CC3)C1)nn2CCO. The Kier molecular flexibility index (Phi) is 22.9. The molecule has 566 valence electrons. The molecule has 0 radical (unpaired) electrons. The molecule has 15 rings (SSSR count). The van der Waals surface area contributed by atoms with E-state index in [1.807, 2.05) is 106 Å². The van der Waals surface area contributed by atoms with Gasteiger partial charge in [0.2, 0.25) is 17.7 Å². The average molecular weight is 1510 g/mol. The Labute approximate surface area is 627 Å². The third kappa shape index (κ3) is 17.5. The highest BCUT2D eigenvalue weighted by Gasteiger charge is 2.45. The van der Waals surface area contributed by atoms with Gasteiger partial charge in [-0.2, -0.15) is 14.5 Å². The molecule has 5 amide bonds. The van der Waals surface area contributed by atoms with Crippen LogP contribution in [0.3, 0.4) is 0 Å². The summed E-state index contributed by atoms with van der Waals surface area (Å²) in [4.78, 5) is 82.4. The van der Waals surface area contributed by atoms with Crippen LogP contribution < -0.4 is 43.0 Å². The molecule has 6 fully saturated rings. The number of fused-ring (bicyclic) bond motifs is 3. The van der Waals surface area contributed by atoms with Crippen molar-refractivity contribution in [2.45, 2.75) is 184 Å². The number of nitrogens with zero attached hydrogens (tertiary/aromatic N) is 12. The molecule has 106 heavy (non-hydrogen) atoms. The van der Waals surface area contributed by atoms with E-state index in [4.69, 9.17) is 5.73 Å². The van der Waals surface area contributed by atoms with Gasteiger partial charge in [0.1, 0.15) is 31.8 Å². The maximum atomic E-state index is 12.8. The number of anilines is 3. The number of aliphatic hydroxyl groups is 4. The van der Waals surface area contributed by atoms with E-state index in [1.165, 1.54) is 38.7 Å². The number of aryl methyl sites for hydroxylation is 3. The van der Waals surface area contributed by atoms with Crippen molar-refractivity contribution in [3.05, 3.63) is 121 Å². The number of hydrogen-bond acceptors (Lipinski definition) is 24. The number of aromatic nitrogens is 9. The fourth-order valence-corrected chi connectivity index (χ4v) is 17.9. The van der Waals surface area contributed by atoms with Crippen molar-refractivity contribution in [3.8, 4) is 0 Å². The number of benzene rings is 3. The minimum Gasteiger partial charge on any atom is -0.394 e. The number of amides is 5. The van der Waals surface area contributed by atoms with Gasteiger partial charge in [-0.15, -0.1) is 44.2 Å². The number of carbonyl (C=O) groups is 5. The number of aliphatic hydroxyl groups excluding tert-OH is 1. The molecule has 3 aromatic carbocycles. The van der Waals surface area contributed by atoms with Gasteiger partial charge in [-0.05, 0) is 155 Å². The largest absolute Gasteiger partial charge is 0.394 e. The van der Waals surface area contributed by atoms with Crippen molar-refractivity contribution >= 4 is 114 Å². The molecule has 6 aromatic heterocycles. The first kappa shape index (κ1) is 75.7. The molecule has 3 aliphatic heterocycles. The van der Waals surface area contributed by atoms with Gasteiger partial charge in [-0.25, -0.2) is 24.5 Å². The first-order chi connectivity index (χ1) is 50.8. The van der Waals surface area contributed by atoms with Gasteiger partial charge >= 0.3 is 12.1 Å². The quantitative estimate of drug-likeness (QED) is 0.0373. The summed E-state index contributed by atoms with van der Waals surface area (Å²) in [6, 6.07) is 18.1. The van der Waals surface area contributed by atoms with Crippen molar-refractivity contribution in [2.75, 3.05) is 81.5 Å². The van der Waals surface area contributed by atoms with Crippen LogP contribution in [0.2, 0.25) is 0 Å². The predicted octanol–water partition coefficient (Wildman–Crippen LogP) is 6.81. The minimum atomic E-state index is -0.794. The Bertz CT molecular complexity index is 4530. The first-order valence-electron chi connectivity index (χ1n) is 36.7. The summed E-state index contributed by atoms with van der Waals surface area (Å²) >= 11 is 4.56. The van der Waals surface area contributed by atoms with Crippen LogP contribution in [0.4, 0.5) is 27.0 Å². The van der Waals surface area contributed by atoms with Crippen LogP contribution in [-0.4, -0.2) is 217 Å². The molecule has 13 N–H and O–H groups in total. The molecule has 32 heteroatoms. The van der Waals surface area contributed by atoms with Gasteiger partial charge in [0.15, 0.2) is 17.5 Å². The maximum Gasteiger partial charge on any atom is 0.343 e. The number of nitrogens with two attached hydrogens (primary N) is 1. The second-order valence-electron chi connectivity index (χ2n) is 30.4. The number of primary amides is 1. The van der Waals surface area contributed by atoms with Gasteiger partial charge in [-0.1, -0.05) is 34.9 Å². The molecule has 0 spiro atoms. The molecule has 9 aromatic rings. The van der Waals surface area contributed by atoms with Crippen LogP contribution in [0.25, 0.3) is 32.7 Å². The molecular weight excluding hydrogens is 1410 g/mol. The van der Waals surface area contributed by atoms with Crippen LogP contribution in [0.1, 0.15) is 130 Å². The molecule has 0 bridgehead atoms. The number of hydrogen-bond donors (Lipinski definition) is 12. The molecular formula is C74H98N20O9S3. The summed E-state index contributed by atoms with van der Waals surface area (Å²) in [5, 5.41) is 87.6. The Balaban J connectivity index is 0.000000141. The fraction of sp³-hybridized carbons (Fsp3) is 0.527. The average Bonchev–Trinajstić information content (AvgIpc) is 1.45. The van der Waals surface area contributed by atoms with Crippen LogP contribution in [0.5, 0.6) is 0 Å². The van der Waals surface area contributed by atoms with Crippen LogP contribution in [-0.2, 0) is 37.7 Å². The van der Waals surface area contributed by atoms with Gasteiger partial charge in [0.05, 0.1) is 67.5 Å². The summed E-state index contributed by atoms with van der Waals surface area (Å²) in [6.07, 6.45) is 15.2. The van der Waals surface area contributed by atoms with E-state index < -0.39 is 28.4 Å². The Hall–Kier alpha value is -8.57. The zero-order chi connectivity index (χ0) is 74.7. The number of thiazole rings is 3. The van der Waals surface area contributed by atoms with Gasteiger partial charge < -0.3 is 63.4 Å². The Morgan fingerprint density at radius 1 is 0.500 bits per heavy atom. The topological polar surface area (TPSA) is 378 Å². The predicted molar refractivity (Wildman–Crippen MR) is 410 cm³/mol. The van der Waals surface area contributed by atoms with Crippen molar-refractivity contribution in [1.82, 2.24) is 80.3 Å². The van der Waals surface area contributed by atoms with Gasteiger partial charge in [-0.3, -0.25) is 33.8 Å². The second-order valence-corrected chi connectivity index (χ2v) is 33.1. The fourth-order valence-electron chi connectivity index (χ4n) is 15.5. The number of carbonyl (C=O) groups excluding carboxylic acids is 5. The summed E-state index contributed by atoms with van der Waals surface area (Å²) < 4.78 is 4.25. The summed E-state index contributed by atoms with van der Waals surface area (Å²) in [7, 11) is 0. The van der Waals surface area contributed by atoms with Crippen LogP contribution in [0, 0.1) is 20.8 Å². The number of likely N-dealkylation sites (tertiary alicyclic amines) is 3. The summed E-state index contributed by atoms with van der Waals surface area (Å²) in [5.41, 5.74) is 8.07. The lowest BCUT2D eigenvalue weighted by molar-refractivity contribution is -0.122. The van der Waals surface area contributed by atoms with Gasteiger partial charge in [0.25, 0.3) is 0 Å². The van der Waals surface area contributed by atoms with Crippen molar-refractivity contribution < 1.29 is 44.4 Å². The first-order valence-corrected chi connectivity index (χ1v) is 39.3. The Morgan fingerprint density at radius 2 is 0.830 bits per heavy atom. The smallest absolute Gasteiger partial charge is 0.343 e. The second kappa shape index (κ2) is 32.1. The third-order valence-electron chi connectivity index (χ3n) is 21.2. The summed E-state index contributed by atoms with van der Waals surface area (Å²) in [6.45, 7) is 17.4. The monoisotopic (exact) mass is 1510 g/mol. The lowest BCUT2D eigenvalue weighted by Gasteiger charge is -2.47. The van der Waals surface area contributed by atoms with E-state index in [0.717, 1.165) is 162 Å². The molecule has 3 saturated heterocycles. The standard InChI is InChI=1S/C27H37N7O3S.C24H32N6O3S.C23H29N7O3S/c1-17-5-6-21-20(13-17)23(32-34(21)25(36)31-26(2,3)4)29-14-22(35)30-18-15-33(16-18)19-7-9-27(37,10-8-19)24-28-11-12-38-24;1-16-2-3-20-19(12-16)22(28-30(20)9-10-31)26-13-21(32)27-17-14-29(15-17)18-4-6-24(33,7-5-18)23-25-8-11-34-23;1-14-2-3-18-17(10-14)20(28-30(18)22(24)32)26-11-19(31)27-15-12-29(13-15)16-4-6-23(33,7-5-16)21-25-8-9-34-21/h5-6,11-13,18-19,37H,7-10,14-16H2,1-4H3,(H,29,32)(H,30,35)(H,31,36);2-3,8,11-12,17-18,31,33H,4-7,9-10,13-15H2,1H3,(H,26,28)(H,27,32);2-3,8-10,15-16,33H,4-7,11-13H2,1H3,(H2,24,32)(H,26,28)(H,27,31). The zero-order valence-corrected chi connectivity index (χ0v) is 63.3. The molecule has 29 nitrogen and oxygen atoms in total. The van der Waals surface area contributed by atoms with E-state index in [1.54, 1.807) is 29.3 Å². The van der Waals surface area contributed by atoms with E-state index in [2.05, 4.69) is 82.2 Å². The van der Waals surface area contributed by atoms with Crippen molar-refractivity contribution in [3.63, 3.8) is 0 Å². The van der Waals surface area contributed by atoms with E-state index in [-0.39, 0.29) is 68.1 Å². The lowest BCUT2D eigenvalue weighted by atomic mass is 9.81. The molecule has 6 aliphatic rings. The highest BCUT2D eigenvalue weighted by molar-refractivity contribution is 7.10.